The average Bonchev–Trinajstić information content (AvgIpc) is 2.36. The lowest BCUT2D eigenvalue weighted by Crippen LogP contribution is -2.12. The van der Waals surface area contributed by atoms with Crippen LogP contribution in [-0.2, 0) is 0 Å². The van der Waals surface area contributed by atoms with Gasteiger partial charge in [-0.3, -0.25) is 4.79 Å². The Labute approximate surface area is 124 Å². The van der Waals surface area contributed by atoms with E-state index >= 15 is 0 Å². The second-order valence-electron chi connectivity index (χ2n) is 3.72. The van der Waals surface area contributed by atoms with Gasteiger partial charge in [-0.1, -0.05) is 46.9 Å². The summed E-state index contributed by atoms with van der Waals surface area (Å²) >= 11 is 17.5. The molecule has 0 bridgehead atoms. The SMILES string of the molecule is O=C(Nc1ccccc1Cl)c1cc(Cl)cc(Cl)c1O. The molecule has 1 amide bonds. The largest absolute Gasteiger partial charge is 0.506 e. The summed E-state index contributed by atoms with van der Waals surface area (Å²) in [6.07, 6.45) is 0. The minimum absolute atomic E-state index is 0.0109. The molecular formula is C13H8Cl3NO2. The summed E-state index contributed by atoms with van der Waals surface area (Å²) in [4.78, 5) is 12.0. The summed E-state index contributed by atoms with van der Waals surface area (Å²) in [5, 5.41) is 13.0. The number of amides is 1. The Bertz CT molecular complexity index is 644. The first-order valence-electron chi connectivity index (χ1n) is 5.23. The van der Waals surface area contributed by atoms with Gasteiger partial charge in [0.25, 0.3) is 5.91 Å². The number of anilines is 1. The number of rotatable bonds is 2. The van der Waals surface area contributed by atoms with Gasteiger partial charge in [0.05, 0.1) is 21.3 Å². The molecule has 2 N–H and O–H groups in total. The van der Waals surface area contributed by atoms with Crippen molar-refractivity contribution >= 4 is 46.4 Å². The third-order valence-electron chi connectivity index (χ3n) is 2.39. The molecule has 2 aromatic rings. The fraction of sp³-hybridized carbons (Fsp3) is 0. The molecule has 0 fully saturated rings. The number of carbonyl (C=O) groups excluding carboxylic acids is 1. The minimum atomic E-state index is -0.546. The van der Waals surface area contributed by atoms with Gasteiger partial charge in [0.15, 0.2) is 0 Å². The Balaban J connectivity index is 2.33. The molecule has 98 valence electrons. The second kappa shape index (κ2) is 5.70. The summed E-state index contributed by atoms with van der Waals surface area (Å²) in [5.74, 6) is -0.870. The highest BCUT2D eigenvalue weighted by Gasteiger charge is 2.16. The van der Waals surface area contributed by atoms with Crippen molar-refractivity contribution < 1.29 is 9.90 Å². The van der Waals surface area contributed by atoms with Crippen molar-refractivity contribution in [2.45, 2.75) is 0 Å². The molecule has 19 heavy (non-hydrogen) atoms. The minimum Gasteiger partial charge on any atom is -0.506 e. The number of halogens is 3. The number of para-hydroxylation sites is 1. The van der Waals surface area contributed by atoms with E-state index in [0.717, 1.165) is 0 Å². The number of hydrogen-bond donors (Lipinski definition) is 2. The highest BCUT2D eigenvalue weighted by Crippen LogP contribution is 2.32. The molecule has 0 aromatic heterocycles. The molecule has 0 saturated heterocycles. The van der Waals surface area contributed by atoms with Gasteiger partial charge in [-0.25, -0.2) is 0 Å². The van der Waals surface area contributed by atoms with Crippen molar-refractivity contribution in [3.63, 3.8) is 0 Å². The fourth-order valence-electron chi connectivity index (χ4n) is 1.49. The quantitative estimate of drug-likeness (QED) is 0.850. The molecule has 2 rings (SSSR count). The first-order chi connectivity index (χ1) is 8.99. The number of phenols is 1. The van der Waals surface area contributed by atoms with Gasteiger partial charge in [-0.05, 0) is 24.3 Å². The second-order valence-corrected chi connectivity index (χ2v) is 4.97. The maximum Gasteiger partial charge on any atom is 0.259 e. The van der Waals surface area contributed by atoms with Crippen LogP contribution in [0.2, 0.25) is 15.1 Å². The van der Waals surface area contributed by atoms with Gasteiger partial charge < -0.3 is 10.4 Å². The predicted octanol–water partition coefficient (Wildman–Crippen LogP) is 4.60. The van der Waals surface area contributed by atoms with E-state index in [1.165, 1.54) is 12.1 Å². The van der Waals surface area contributed by atoms with Crippen LogP contribution in [0, 0.1) is 0 Å². The molecule has 0 aliphatic carbocycles. The van der Waals surface area contributed by atoms with Crippen molar-refractivity contribution in [1.82, 2.24) is 0 Å². The fourth-order valence-corrected chi connectivity index (χ4v) is 2.17. The van der Waals surface area contributed by atoms with Crippen LogP contribution in [0.4, 0.5) is 5.69 Å². The third kappa shape index (κ3) is 3.13. The van der Waals surface area contributed by atoms with Crippen molar-refractivity contribution in [1.29, 1.82) is 0 Å². The maximum atomic E-state index is 12.0. The zero-order valence-corrected chi connectivity index (χ0v) is 11.7. The van der Waals surface area contributed by atoms with E-state index in [9.17, 15) is 9.90 Å². The van der Waals surface area contributed by atoms with Crippen LogP contribution in [0.3, 0.4) is 0 Å². The summed E-state index contributed by atoms with van der Waals surface area (Å²) in [5.41, 5.74) is 0.419. The summed E-state index contributed by atoms with van der Waals surface area (Å²) in [6.45, 7) is 0. The van der Waals surface area contributed by atoms with E-state index in [1.54, 1.807) is 24.3 Å². The van der Waals surface area contributed by atoms with Crippen LogP contribution in [0.1, 0.15) is 10.4 Å². The highest BCUT2D eigenvalue weighted by atomic mass is 35.5. The smallest absolute Gasteiger partial charge is 0.259 e. The molecule has 3 nitrogen and oxygen atoms in total. The van der Waals surface area contributed by atoms with Crippen molar-refractivity contribution in [3.8, 4) is 5.75 Å². The van der Waals surface area contributed by atoms with Gasteiger partial charge in [0, 0.05) is 5.02 Å². The predicted molar refractivity (Wildman–Crippen MR) is 77.5 cm³/mol. The number of phenolic OH excluding ortho intramolecular Hbond substituents is 1. The van der Waals surface area contributed by atoms with E-state index in [1.807, 2.05) is 0 Å². The van der Waals surface area contributed by atoms with Crippen LogP contribution >= 0.6 is 34.8 Å². The van der Waals surface area contributed by atoms with Gasteiger partial charge in [-0.2, -0.15) is 0 Å². The van der Waals surface area contributed by atoms with Crippen molar-refractivity contribution in [2.75, 3.05) is 5.32 Å². The number of nitrogens with one attached hydrogen (secondary N) is 1. The van der Waals surface area contributed by atoms with Crippen molar-refractivity contribution in [3.05, 3.63) is 57.0 Å². The average molecular weight is 317 g/mol. The monoisotopic (exact) mass is 315 g/mol. The first kappa shape index (κ1) is 14.0. The highest BCUT2D eigenvalue weighted by molar-refractivity contribution is 6.37. The van der Waals surface area contributed by atoms with Gasteiger partial charge in [0.1, 0.15) is 5.75 Å². The molecule has 0 radical (unpaired) electrons. The molecule has 0 atom stereocenters. The number of hydrogen-bond acceptors (Lipinski definition) is 2. The van der Waals surface area contributed by atoms with E-state index < -0.39 is 5.91 Å². The summed E-state index contributed by atoms with van der Waals surface area (Å²) in [7, 11) is 0. The topological polar surface area (TPSA) is 49.3 Å². The number of aromatic hydroxyl groups is 1. The van der Waals surface area contributed by atoms with Crippen LogP contribution in [0.25, 0.3) is 0 Å². The molecule has 0 heterocycles. The molecule has 0 aliphatic rings. The molecule has 0 spiro atoms. The zero-order valence-electron chi connectivity index (χ0n) is 9.45. The summed E-state index contributed by atoms with van der Waals surface area (Å²) < 4.78 is 0. The molecule has 6 heteroatoms. The number of benzene rings is 2. The Morgan fingerprint density at radius 3 is 2.42 bits per heavy atom. The van der Waals surface area contributed by atoms with Gasteiger partial charge in [0.2, 0.25) is 0 Å². The standard InChI is InChI=1S/C13H8Cl3NO2/c14-7-5-8(12(18)10(16)6-7)13(19)17-11-4-2-1-3-9(11)15/h1-6,18H,(H,17,19). The van der Waals surface area contributed by atoms with Crippen LogP contribution in [0.15, 0.2) is 36.4 Å². The van der Waals surface area contributed by atoms with Crippen molar-refractivity contribution in [2.24, 2.45) is 0 Å². The van der Waals surface area contributed by atoms with E-state index in [-0.39, 0.29) is 21.4 Å². The van der Waals surface area contributed by atoms with Crippen LogP contribution < -0.4 is 5.32 Å². The van der Waals surface area contributed by atoms with E-state index in [0.29, 0.717) is 10.7 Å². The molecule has 2 aromatic carbocycles. The zero-order chi connectivity index (χ0) is 14.0. The third-order valence-corrected chi connectivity index (χ3v) is 3.23. The Kier molecular flexibility index (Phi) is 4.20. The Morgan fingerprint density at radius 2 is 1.74 bits per heavy atom. The lowest BCUT2D eigenvalue weighted by Gasteiger charge is -2.09. The lowest BCUT2D eigenvalue weighted by atomic mass is 10.2. The first-order valence-corrected chi connectivity index (χ1v) is 6.36. The van der Waals surface area contributed by atoms with Crippen LogP contribution in [-0.4, -0.2) is 11.0 Å². The lowest BCUT2D eigenvalue weighted by molar-refractivity contribution is 0.102. The normalized spacial score (nSPS) is 10.3. The molecule has 0 saturated carbocycles. The van der Waals surface area contributed by atoms with E-state index in [2.05, 4.69) is 5.32 Å². The Hall–Kier alpha value is -1.42. The maximum absolute atomic E-state index is 12.0. The van der Waals surface area contributed by atoms with E-state index in [4.69, 9.17) is 34.8 Å². The van der Waals surface area contributed by atoms with Gasteiger partial charge in [-0.15, -0.1) is 0 Å². The molecule has 0 aliphatic heterocycles. The molecule has 0 unspecified atom stereocenters. The Morgan fingerprint density at radius 1 is 1.05 bits per heavy atom. The summed E-state index contributed by atoms with van der Waals surface area (Å²) in [6, 6.07) is 9.43. The van der Waals surface area contributed by atoms with Crippen LogP contribution in [0.5, 0.6) is 5.75 Å². The van der Waals surface area contributed by atoms with Gasteiger partial charge >= 0.3 is 0 Å². The molecular weight excluding hydrogens is 309 g/mol. The number of carbonyl (C=O) groups is 1.